The molecule has 0 saturated heterocycles. The van der Waals surface area contributed by atoms with Crippen molar-refractivity contribution in [1.82, 2.24) is 0 Å². The molecule has 1 unspecified atom stereocenters. The summed E-state index contributed by atoms with van der Waals surface area (Å²) in [5.74, 6) is -3.15. The van der Waals surface area contributed by atoms with E-state index in [9.17, 15) is 37.8 Å². The molecule has 33 heavy (non-hydrogen) atoms. The molecule has 0 radical (unpaired) electrons. The Balaban J connectivity index is 2.21. The maximum absolute atomic E-state index is 13.9. The molecule has 2 atom stereocenters. The van der Waals surface area contributed by atoms with Crippen LogP contribution in [-0.4, -0.2) is 47.6 Å². The van der Waals surface area contributed by atoms with Gasteiger partial charge in [0.15, 0.2) is 6.29 Å². The SMILES string of the molecule is COC(C(=O)O[C@H](C)CC(=O)Cc1cc(O)c(C)c(O)c1C=O)(c1ccccc1)C(F)(F)F. The highest BCUT2D eigenvalue weighted by Crippen LogP contribution is 2.43. The van der Waals surface area contributed by atoms with E-state index < -0.39 is 53.8 Å². The van der Waals surface area contributed by atoms with E-state index in [0.717, 1.165) is 25.3 Å². The quantitative estimate of drug-likeness (QED) is 0.426. The van der Waals surface area contributed by atoms with Gasteiger partial charge in [0.25, 0.3) is 5.60 Å². The van der Waals surface area contributed by atoms with E-state index >= 15 is 0 Å². The van der Waals surface area contributed by atoms with Crippen molar-refractivity contribution >= 4 is 18.0 Å². The number of ether oxygens (including phenoxy) is 2. The molecular formula is C23H23F3O7. The van der Waals surface area contributed by atoms with Gasteiger partial charge in [-0.15, -0.1) is 0 Å². The molecule has 2 aromatic carbocycles. The van der Waals surface area contributed by atoms with Crippen LogP contribution >= 0.6 is 0 Å². The molecule has 0 bridgehead atoms. The van der Waals surface area contributed by atoms with Gasteiger partial charge in [-0.2, -0.15) is 13.2 Å². The third kappa shape index (κ3) is 5.16. The average Bonchev–Trinajstić information content (AvgIpc) is 2.72. The lowest BCUT2D eigenvalue weighted by Crippen LogP contribution is -2.52. The zero-order chi connectivity index (χ0) is 25.0. The van der Waals surface area contributed by atoms with E-state index in [0.29, 0.717) is 6.29 Å². The molecule has 0 spiro atoms. The van der Waals surface area contributed by atoms with E-state index in [1.54, 1.807) is 0 Å². The first-order valence-electron chi connectivity index (χ1n) is 9.78. The normalized spacial score (nSPS) is 14.2. The summed E-state index contributed by atoms with van der Waals surface area (Å²) >= 11 is 0. The highest BCUT2D eigenvalue weighted by molar-refractivity contribution is 5.89. The van der Waals surface area contributed by atoms with E-state index in [1.165, 1.54) is 32.0 Å². The van der Waals surface area contributed by atoms with Gasteiger partial charge in [0.05, 0.1) is 5.56 Å². The van der Waals surface area contributed by atoms with Crippen LogP contribution in [0.25, 0.3) is 0 Å². The summed E-state index contributed by atoms with van der Waals surface area (Å²) in [5.41, 5.74) is -3.97. The Morgan fingerprint density at radius 2 is 1.76 bits per heavy atom. The average molecular weight is 468 g/mol. The second-order valence-electron chi connectivity index (χ2n) is 7.44. The first-order valence-corrected chi connectivity index (χ1v) is 9.78. The van der Waals surface area contributed by atoms with Crippen LogP contribution in [0.4, 0.5) is 13.2 Å². The highest BCUT2D eigenvalue weighted by atomic mass is 19.4. The van der Waals surface area contributed by atoms with Crippen LogP contribution in [0.1, 0.15) is 40.4 Å². The fraction of sp³-hybridized carbons (Fsp3) is 0.348. The summed E-state index contributed by atoms with van der Waals surface area (Å²) in [7, 11) is 0.731. The number of phenols is 2. The number of methoxy groups -OCH3 is 1. The van der Waals surface area contributed by atoms with Gasteiger partial charge in [-0.3, -0.25) is 9.59 Å². The summed E-state index contributed by atoms with van der Waals surface area (Å²) in [6, 6.07) is 7.39. The van der Waals surface area contributed by atoms with Gasteiger partial charge in [0.2, 0.25) is 0 Å². The van der Waals surface area contributed by atoms with Crippen LogP contribution in [0.3, 0.4) is 0 Å². The van der Waals surface area contributed by atoms with Crippen LogP contribution in [-0.2, 0) is 31.1 Å². The van der Waals surface area contributed by atoms with Crippen LogP contribution in [0, 0.1) is 6.92 Å². The summed E-state index contributed by atoms with van der Waals surface area (Å²) in [4.78, 5) is 36.4. The molecule has 2 N–H and O–H groups in total. The van der Waals surface area contributed by atoms with Crippen LogP contribution in [0.15, 0.2) is 36.4 Å². The molecule has 10 heteroatoms. The number of phenolic OH excluding ortho intramolecular Hbond substituents is 2. The van der Waals surface area contributed by atoms with Crippen molar-refractivity contribution in [2.24, 2.45) is 0 Å². The molecule has 2 rings (SSSR count). The first kappa shape index (κ1) is 25.9. The third-order valence-electron chi connectivity index (χ3n) is 5.15. The molecule has 0 aliphatic rings. The zero-order valence-electron chi connectivity index (χ0n) is 18.1. The highest BCUT2D eigenvalue weighted by Gasteiger charge is 2.64. The predicted octanol–water partition coefficient (Wildman–Crippen LogP) is 3.76. The lowest BCUT2D eigenvalue weighted by atomic mass is 9.92. The van der Waals surface area contributed by atoms with Gasteiger partial charge in [-0.1, -0.05) is 30.3 Å². The second-order valence-corrected chi connectivity index (χ2v) is 7.44. The number of halogens is 3. The molecule has 178 valence electrons. The van der Waals surface area contributed by atoms with Crippen molar-refractivity contribution < 1.29 is 47.2 Å². The smallest absolute Gasteiger partial charge is 0.432 e. The zero-order valence-corrected chi connectivity index (χ0v) is 18.1. The lowest BCUT2D eigenvalue weighted by molar-refractivity contribution is -0.277. The molecule has 0 fully saturated rings. The van der Waals surface area contributed by atoms with E-state index in [2.05, 4.69) is 4.74 Å². The number of carbonyl (C=O) groups is 3. The number of aldehydes is 1. The fourth-order valence-corrected chi connectivity index (χ4v) is 3.40. The van der Waals surface area contributed by atoms with Crippen molar-refractivity contribution in [2.75, 3.05) is 7.11 Å². The molecule has 0 heterocycles. The number of ketones is 1. The van der Waals surface area contributed by atoms with Crippen molar-refractivity contribution in [2.45, 2.75) is 44.6 Å². The number of carbonyl (C=O) groups excluding carboxylic acids is 3. The number of Topliss-reactive ketones (excluding diaryl/α,β-unsaturated/α-hetero) is 1. The van der Waals surface area contributed by atoms with Gasteiger partial charge >= 0.3 is 12.1 Å². The van der Waals surface area contributed by atoms with Crippen molar-refractivity contribution in [3.8, 4) is 11.5 Å². The second kappa shape index (κ2) is 10.0. The minimum atomic E-state index is -5.15. The summed E-state index contributed by atoms with van der Waals surface area (Å²) < 4.78 is 51.4. The Morgan fingerprint density at radius 1 is 1.15 bits per heavy atom. The molecule has 0 amide bonds. The minimum absolute atomic E-state index is 0.0277. The Kier molecular flexibility index (Phi) is 7.86. The van der Waals surface area contributed by atoms with Gasteiger partial charge in [-0.05, 0) is 25.5 Å². The number of alkyl halides is 3. The molecule has 2 aromatic rings. The summed E-state index contributed by atoms with van der Waals surface area (Å²) in [5, 5.41) is 19.8. The first-order chi connectivity index (χ1) is 15.4. The van der Waals surface area contributed by atoms with Crippen molar-refractivity contribution in [1.29, 1.82) is 0 Å². The lowest BCUT2D eigenvalue weighted by Gasteiger charge is -2.33. The minimum Gasteiger partial charge on any atom is -0.508 e. The van der Waals surface area contributed by atoms with Gasteiger partial charge in [-0.25, -0.2) is 4.79 Å². The number of esters is 1. The van der Waals surface area contributed by atoms with Crippen molar-refractivity contribution in [3.05, 3.63) is 58.7 Å². The van der Waals surface area contributed by atoms with E-state index in [1.807, 2.05) is 0 Å². The molecule has 0 aliphatic carbocycles. The number of hydrogen-bond acceptors (Lipinski definition) is 7. The van der Waals surface area contributed by atoms with E-state index in [4.69, 9.17) is 4.74 Å². The van der Waals surface area contributed by atoms with Crippen LogP contribution in [0.5, 0.6) is 11.5 Å². The Labute approximate surface area is 187 Å². The largest absolute Gasteiger partial charge is 0.508 e. The summed E-state index contributed by atoms with van der Waals surface area (Å²) in [6.45, 7) is 2.61. The standard InChI is InChI=1S/C23H23F3O7/c1-13(9-17(28)10-15-11-19(29)14(2)20(30)18(15)12-27)33-21(31)22(32-3,23(24,25)26)16-7-5-4-6-8-16/h4-8,11-13,29-30H,9-10H2,1-3H3/t13-,22?/m1/s1. The number of aromatic hydroxyl groups is 2. The third-order valence-corrected chi connectivity index (χ3v) is 5.15. The molecular weight excluding hydrogens is 445 g/mol. The summed E-state index contributed by atoms with van der Waals surface area (Å²) in [6.07, 6.45) is -7.00. The van der Waals surface area contributed by atoms with E-state index in [-0.39, 0.29) is 22.4 Å². The van der Waals surface area contributed by atoms with Crippen LogP contribution in [0.2, 0.25) is 0 Å². The van der Waals surface area contributed by atoms with Gasteiger partial charge < -0.3 is 19.7 Å². The topological polar surface area (TPSA) is 110 Å². The number of hydrogen-bond donors (Lipinski definition) is 2. The molecule has 7 nitrogen and oxygen atoms in total. The monoisotopic (exact) mass is 468 g/mol. The fourth-order valence-electron chi connectivity index (χ4n) is 3.40. The number of rotatable bonds is 9. The predicted molar refractivity (Wildman–Crippen MR) is 110 cm³/mol. The van der Waals surface area contributed by atoms with Gasteiger partial charge in [0.1, 0.15) is 23.4 Å². The van der Waals surface area contributed by atoms with Crippen molar-refractivity contribution in [3.63, 3.8) is 0 Å². The maximum atomic E-state index is 13.9. The maximum Gasteiger partial charge on any atom is 0.432 e. The molecule has 0 saturated carbocycles. The number of benzene rings is 2. The molecule has 0 aromatic heterocycles. The Morgan fingerprint density at radius 3 is 2.27 bits per heavy atom. The Hall–Kier alpha value is -3.40. The van der Waals surface area contributed by atoms with Crippen LogP contribution < -0.4 is 0 Å². The molecule has 0 aliphatic heterocycles. The Bertz CT molecular complexity index is 1030. The van der Waals surface area contributed by atoms with Gasteiger partial charge in [0, 0.05) is 31.1 Å².